The number of aromatic nitrogens is 1. The number of carbonyl (C=O) groups is 1. The van der Waals surface area contributed by atoms with Gasteiger partial charge in [0.1, 0.15) is 17.3 Å². The highest BCUT2D eigenvalue weighted by Gasteiger charge is 2.34. The third-order valence-electron chi connectivity index (χ3n) is 6.89. The Morgan fingerprint density at radius 1 is 1.19 bits per heavy atom. The van der Waals surface area contributed by atoms with Crippen molar-refractivity contribution in [1.29, 1.82) is 0 Å². The summed E-state index contributed by atoms with van der Waals surface area (Å²) in [5.74, 6) is 1.03. The Morgan fingerprint density at radius 3 is 2.69 bits per heavy atom. The van der Waals surface area contributed by atoms with E-state index >= 15 is 0 Å². The first-order chi connectivity index (χ1) is 20.2. The number of hydrogen-bond acceptors (Lipinski definition) is 9. The minimum atomic E-state index is -0.756. The van der Waals surface area contributed by atoms with E-state index in [0.29, 0.717) is 61.0 Å². The number of nitro groups is 1. The number of carbonyl (C=O) groups excluding carboxylic acids is 1. The van der Waals surface area contributed by atoms with Crippen LogP contribution in [0.5, 0.6) is 5.75 Å². The van der Waals surface area contributed by atoms with Crippen LogP contribution in [0.2, 0.25) is 0 Å². The van der Waals surface area contributed by atoms with Crippen LogP contribution in [-0.2, 0) is 9.53 Å². The van der Waals surface area contributed by atoms with Gasteiger partial charge in [0.25, 0.3) is 11.2 Å². The molecule has 0 radical (unpaired) electrons. The van der Waals surface area contributed by atoms with Crippen molar-refractivity contribution in [3.63, 3.8) is 0 Å². The molecule has 2 aromatic carbocycles. The van der Waals surface area contributed by atoms with Gasteiger partial charge in [-0.25, -0.2) is 9.79 Å². The van der Waals surface area contributed by atoms with Gasteiger partial charge in [-0.3, -0.25) is 19.5 Å². The lowest BCUT2D eigenvalue weighted by Crippen LogP contribution is -2.40. The molecule has 0 amide bonds. The summed E-state index contributed by atoms with van der Waals surface area (Å²) >= 11 is 1.21. The summed E-state index contributed by atoms with van der Waals surface area (Å²) in [6.45, 7) is 5.70. The highest BCUT2D eigenvalue weighted by Crippen LogP contribution is 2.34. The average Bonchev–Trinajstić information content (AvgIpc) is 3.56. The topological polar surface area (TPSA) is 126 Å². The van der Waals surface area contributed by atoms with Crippen molar-refractivity contribution >= 4 is 29.1 Å². The van der Waals surface area contributed by atoms with Gasteiger partial charge in [0.2, 0.25) is 0 Å². The van der Waals surface area contributed by atoms with Gasteiger partial charge in [0.15, 0.2) is 4.80 Å². The fraction of sp³-hybridized carbons (Fsp3) is 0.258. The molecule has 0 N–H and O–H groups in total. The van der Waals surface area contributed by atoms with E-state index in [0.717, 1.165) is 6.42 Å². The van der Waals surface area contributed by atoms with Crippen LogP contribution in [0.15, 0.2) is 80.1 Å². The van der Waals surface area contributed by atoms with E-state index in [2.05, 4.69) is 0 Å². The van der Waals surface area contributed by atoms with Crippen molar-refractivity contribution in [2.24, 2.45) is 4.99 Å². The van der Waals surface area contributed by atoms with E-state index in [9.17, 15) is 19.7 Å². The van der Waals surface area contributed by atoms with Crippen LogP contribution in [0, 0.1) is 17.0 Å². The second kappa shape index (κ2) is 12.0. The lowest BCUT2D eigenvalue weighted by Gasteiger charge is -2.26. The molecule has 11 heteroatoms. The Labute approximate surface area is 245 Å². The van der Waals surface area contributed by atoms with E-state index in [1.165, 1.54) is 28.0 Å². The summed E-state index contributed by atoms with van der Waals surface area (Å²) in [6, 6.07) is 14.6. The summed E-state index contributed by atoms with van der Waals surface area (Å²) in [6.07, 6.45) is 2.93. The second-order valence-corrected chi connectivity index (χ2v) is 10.7. The fourth-order valence-electron chi connectivity index (χ4n) is 4.99. The molecule has 0 bridgehead atoms. The van der Waals surface area contributed by atoms with Crippen molar-refractivity contribution in [3.05, 3.63) is 113 Å². The van der Waals surface area contributed by atoms with Crippen LogP contribution in [0.1, 0.15) is 49.6 Å². The molecule has 2 aromatic heterocycles. The van der Waals surface area contributed by atoms with Gasteiger partial charge in [0.05, 0.1) is 40.5 Å². The van der Waals surface area contributed by atoms with E-state index in [4.69, 9.17) is 18.9 Å². The Hall–Kier alpha value is -4.77. The molecule has 10 nitrogen and oxygen atoms in total. The van der Waals surface area contributed by atoms with E-state index in [1.807, 2.05) is 19.1 Å². The Kier molecular flexibility index (Phi) is 8.21. The van der Waals surface area contributed by atoms with Gasteiger partial charge in [-0.1, -0.05) is 36.8 Å². The number of allylic oxidation sites excluding steroid dienone is 1. The molecule has 0 saturated heterocycles. The third kappa shape index (κ3) is 5.42. The Bertz CT molecular complexity index is 1900. The smallest absolute Gasteiger partial charge is 0.338 e. The third-order valence-corrected chi connectivity index (χ3v) is 7.87. The quantitative estimate of drug-likeness (QED) is 0.152. The maximum absolute atomic E-state index is 13.9. The number of thiazole rings is 1. The maximum Gasteiger partial charge on any atom is 0.338 e. The normalized spacial score (nSPS) is 14.9. The van der Waals surface area contributed by atoms with Crippen molar-refractivity contribution in [2.45, 2.75) is 39.7 Å². The number of hydrogen-bond donors (Lipinski definition) is 0. The van der Waals surface area contributed by atoms with Crippen LogP contribution in [0.4, 0.5) is 5.69 Å². The molecule has 4 aromatic rings. The number of esters is 1. The standard InChI is InChI=1S/C31H29N3O7S/c1-5-8-24-27(30(36)40-6-2)28(19-9-7-10-21(16-19)39-4)33-29(35)26(42-31(33)32-24)17-22-12-14-25(41-22)23-13-11-20(34(37)38)15-18(23)3/h7,9-17,28H,5-6,8H2,1-4H3/b26-17-. The summed E-state index contributed by atoms with van der Waals surface area (Å²) in [5.41, 5.74) is 2.70. The van der Waals surface area contributed by atoms with Crippen LogP contribution in [0.25, 0.3) is 17.4 Å². The Morgan fingerprint density at radius 2 is 2.00 bits per heavy atom. The average molecular weight is 588 g/mol. The van der Waals surface area contributed by atoms with Crippen LogP contribution >= 0.6 is 11.3 Å². The summed E-state index contributed by atoms with van der Waals surface area (Å²) < 4.78 is 18.8. The zero-order valence-electron chi connectivity index (χ0n) is 23.6. The molecule has 1 atom stereocenters. The minimum absolute atomic E-state index is 0.000593. The fourth-order valence-corrected chi connectivity index (χ4v) is 5.99. The van der Waals surface area contributed by atoms with Crippen molar-refractivity contribution < 1.29 is 23.6 Å². The van der Waals surface area contributed by atoms with E-state index in [-0.39, 0.29) is 17.9 Å². The number of benzene rings is 2. The minimum Gasteiger partial charge on any atom is -0.497 e. The second-order valence-electron chi connectivity index (χ2n) is 9.65. The van der Waals surface area contributed by atoms with Gasteiger partial charge >= 0.3 is 5.97 Å². The van der Waals surface area contributed by atoms with Crippen LogP contribution < -0.4 is 19.6 Å². The van der Waals surface area contributed by atoms with Crippen LogP contribution in [-0.4, -0.2) is 29.2 Å². The summed E-state index contributed by atoms with van der Waals surface area (Å²) in [5, 5.41) is 11.1. The van der Waals surface area contributed by atoms with E-state index in [1.54, 1.807) is 57.4 Å². The number of aryl methyl sites for hydroxylation is 1. The van der Waals surface area contributed by atoms with Crippen molar-refractivity contribution in [2.75, 3.05) is 13.7 Å². The molecule has 0 saturated carbocycles. The zero-order chi connectivity index (χ0) is 30.0. The molecule has 1 unspecified atom stereocenters. The molecule has 42 heavy (non-hydrogen) atoms. The van der Waals surface area contributed by atoms with E-state index < -0.39 is 16.9 Å². The SMILES string of the molecule is CCCC1=C(C(=O)OCC)C(c2cccc(OC)c2)n2c(s/c(=C\c3ccc(-c4ccc([N+](=O)[O-])cc4C)o3)c2=O)=N1. The molecule has 0 fully saturated rings. The van der Waals surface area contributed by atoms with Crippen molar-refractivity contribution in [3.8, 4) is 17.1 Å². The molecule has 0 spiro atoms. The van der Waals surface area contributed by atoms with Gasteiger partial charge in [0, 0.05) is 23.8 Å². The monoisotopic (exact) mass is 587 g/mol. The number of nitrogens with zero attached hydrogens (tertiary/aromatic N) is 3. The molecular formula is C31H29N3O7S. The molecule has 1 aliphatic heterocycles. The number of rotatable bonds is 9. The first-order valence-corrected chi connectivity index (χ1v) is 14.3. The van der Waals surface area contributed by atoms with Crippen molar-refractivity contribution in [1.82, 2.24) is 4.57 Å². The summed E-state index contributed by atoms with van der Waals surface area (Å²) in [4.78, 5) is 43.2. The number of nitro benzene ring substituents is 1. The molecule has 3 heterocycles. The molecule has 1 aliphatic rings. The molecular weight excluding hydrogens is 558 g/mol. The molecule has 0 aliphatic carbocycles. The maximum atomic E-state index is 13.9. The van der Waals surface area contributed by atoms with Gasteiger partial charge in [-0.15, -0.1) is 0 Å². The van der Waals surface area contributed by atoms with Gasteiger partial charge < -0.3 is 13.9 Å². The first kappa shape index (κ1) is 28.7. The number of fused-ring (bicyclic) bond motifs is 1. The first-order valence-electron chi connectivity index (χ1n) is 13.5. The highest BCUT2D eigenvalue weighted by atomic mass is 32.1. The molecule has 216 valence electrons. The van der Waals surface area contributed by atoms with Gasteiger partial charge in [-0.05, 0) is 61.7 Å². The number of non-ortho nitro benzene ring substituents is 1. The summed E-state index contributed by atoms with van der Waals surface area (Å²) in [7, 11) is 1.56. The predicted octanol–water partition coefficient (Wildman–Crippen LogP) is 5.06. The van der Waals surface area contributed by atoms with Crippen LogP contribution in [0.3, 0.4) is 0 Å². The lowest BCUT2D eigenvalue weighted by atomic mass is 9.94. The lowest BCUT2D eigenvalue weighted by molar-refractivity contribution is -0.384. The number of methoxy groups -OCH3 is 1. The number of furan rings is 1. The largest absolute Gasteiger partial charge is 0.497 e. The number of ether oxygens (including phenoxy) is 2. The van der Waals surface area contributed by atoms with Gasteiger partial charge in [-0.2, -0.15) is 0 Å². The Balaban J connectivity index is 1.65. The zero-order valence-corrected chi connectivity index (χ0v) is 24.4. The predicted molar refractivity (Wildman–Crippen MR) is 158 cm³/mol. The molecule has 5 rings (SSSR count). The highest BCUT2D eigenvalue weighted by molar-refractivity contribution is 7.07.